The molecule has 0 radical (unpaired) electrons. The Balaban J connectivity index is 1.50. The summed E-state index contributed by atoms with van der Waals surface area (Å²) in [6, 6.07) is 0. The molecule has 20 heavy (non-hydrogen) atoms. The molecule has 0 aromatic rings. The summed E-state index contributed by atoms with van der Waals surface area (Å²) in [5.74, 6) is 2.70. The van der Waals surface area contributed by atoms with E-state index in [1.165, 1.54) is 32.1 Å². The Hall–Kier alpha value is -0.770. The monoisotopic (exact) mass is 279 g/mol. The third-order valence-electron chi connectivity index (χ3n) is 5.74. The summed E-state index contributed by atoms with van der Waals surface area (Å²) in [5, 5.41) is 10.7. The minimum absolute atomic E-state index is 0.443. The van der Waals surface area contributed by atoms with Crippen LogP contribution in [-0.4, -0.2) is 41.2 Å². The first-order valence-electron chi connectivity index (χ1n) is 8.34. The van der Waals surface area contributed by atoms with E-state index in [-0.39, 0.29) is 0 Å². The Morgan fingerprint density at radius 2 is 2.25 bits per heavy atom. The maximum Gasteiger partial charge on any atom is 0.191 e. The Morgan fingerprint density at radius 3 is 2.90 bits per heavy atom. The molecule has 1 saturated heterocycles. The van der Waals surface area contributed by atoms with E-state index in [9.17, 15) is 5.11 Å². The van der Waals surface area contributed by atoms with Crippen LogP contribution in [0.25, 0.3) is 0 Å². The summed E-state index contributed by atoms with van der Waals surface area (Å²) in [4.78, 5) is 6.74. The van der Waals surface area contributed by atoms with Crippen LogP contribution in [0.3, 0.4) is 0 Å². The minimum Gasteiger partial charge on any atom is -0.390 e. The van der Waals surface area contributed by atoms with E-state index >= 15 is 0 Å². The van der Waals surface area contributed by atoms with Gasteiger partial charge in [0.2, 0.25) is 0 Å². The molecular weight excluding hydrogens is 250 g/mol. The lowest BCUT2D eigenvalue weighted by Gasteiger charge is -2.33. The highest BCUT2D eigenvalue weighted by Gasteiger charge is 2.49. The number of piperidine rings is 1. The molecule has 0 aromatic carbocycles. The average molecular weight is 279 g/mol. The van der Waals surface area contributed by atoms with Crippen molar-refractivity contribution in [1.29, 1.82) is 0 Å². The third-order valence-corrected chi connectivity index (χ3v) is 5.74. The number of aliphatic imine (C=N–C) groups is 1. The van der Waals surface area contributed by atoms with Gasteiger partial charge >= 0.3 is 0 Å². The van der Waals surface area contributed by atoms with Gasteiger partial charge in [0.15, 0.2) is 5.96 Å². The molecule has 4 nitrogen and oxygen atoms in total. The molecule has 0 amide bonds. The molecule has 4 atom stereocenters. The van der Waals surface area contributed by atoms with Crippen molar-refractivity contribution in [3.63, 3.8) is 0 Å². The molecule has 0 aromatic heterocycles. The first-order chi connectivity index (χ1) is 9.57. The van der Waals surface area contributed by atoms with E-state index in [1.54, 1.807) is 0 Å². The highest BCUT2D eigenvalue weighted by molar-refractivity contribution is 5.78. The zero-order valence-corrected chi connectivity index (χ0v) is 12.7. The lowest BCUT2D eigenvalue weighted by molar-refractivity contribution is -0.0181. The number of hydrogen-bond acceptors (Lipinski definition) is 2. The minimum atomic E-state index is -0.443. The SMILES string of the molecule is CC1CCCN(C(N)=NCCC2(O)CC3CCC2C3)C1. The fourth-order valence-corrected chi connectivity index (χ4v) is 4.58. The van der Waals surface area contributed by atoms with Crippen LogP contribution in [0.5, 0.6) is 0 Å². The summed E-state index contributed by atoms with van der Waals surface area (Å²) in [6.07, 6.45) is 8.07. The van der Waals surface area contributed by atoms with Gasteiger partial charge in [-0.15, -0.1) is 0 Å². The molecule has 3 aliphatic rings. The zero-order chi connectivity index (χ0) is 14.2. The van der Waals surface area contributed by atoms with Gasteiger partial charge in [0.25, 0.3) is 0 Å². The molecule has 1 heterocycles. The van der Waals surface area contributed by atoms with Gasteiger partial charge in [0.1, 0.15) is 0 Å². The van der Waals surface area contributed by atoms with E-state index in [4.69, 9.17) is 5.73 Å². The lowest BCUT2D eigenvalue weighted by Crippen LogP contribution is -2.44. The maximum atomic E-state index is 10.7. The van der Waals surface area contributed by atoms with Crippen molar-refractivity contribution in [2.24, 2.45) is 28.5 Å². The summed E-state index contributed by atoms with van der Waals surface area (Å²) in [7, 11) is 0. The second kappa shape index (κ2) is 5.55. The van der Waals surface area contributed by atoms with Crippen molar-refractivity contribution in [2.75, 3.05) is 19.6 Å². The van der Waals surface area contributed by atoms with Gasteiger partial charge in [0.05, 0.1) is 5.60 Å². The topological polar surface area (TPSA) is 61.8 Å². The molecule has 1 aliphatic heterocycles. The molecule has 4 heteroatoms. The molecule has 3 N–H and O–H groups in total. The molecule has 2 saturated carbocycles. The van der Waals surface area contributed by atoms with Crippen molar-refractivity contribution in [3.05, 3.63) is 0 Å². The van der Waals surface area contributed by atoms with Crippen molar-refractivity contribution >= 4 is 5.96 Å². The van der Waals surface area contributed by atoms with Gasteiger partial charge < -0.3 is 15.7 Å². The Labute approximate surface area is 122 Å². The second-order valence-corrected chi connectivity index (χ2v) is 7.37. The second-order valence-electron chi connectivity index (χ2n) is 7.37. The van der Waals surface area contributed by atoms with Crippen molar-refractivity contribution in [2.45, 2.75) is 57.5 Å². The van der Waals surface area contributed by atoms with Crippen molar-refractivity contribution in [3.8, 4) is 0 Å². The molecule has 3 fully saturated rings. The van der Waals surface area contributed by atoms with E-state index < -0.39 is 5.60 Å². The molecule has 2 bridgehead atoms. The molecule has 2 aliphatic carbocycles. The highest BCUT2D eigenvalue weighted by Crippen LogP contribution is 2.52. The van der Waals surface area contributed by atoms with Gasteiger partial charge in [0, 0.05) is 19.6 Å². The third kappa shape index (κ3) is 2.80. The van der Waals surface area contributed by atoms with E-state index in [2.05, 4.69) is 16.8 Å². The number of fused-ring (bicyclic) bond motifs is 2. The van der Waals surface area contributed by atoms with Gasteiger partial charge in [-0.25, -0.2) is 0 Å². The van der Waals surface area contributed by atoms with Gasteiger partial charge in [-0.3, -0.25) is 4.99 Å². The first kappa shape index (κ1) is 14.2. The number of likely N-dealkylation sites (tertiary alicyclic amines) is 1. The summed E-state index contributed by atoms with van der Waals surface area (Å²) >= 11 is 0. The number of hydrogen-bond donors (Lipinski definition) is 2. The van der Waals surface area contributed by atoms with E-state index in [0.717, 1.165) is 31.8 Å². The molecule has 0 spiro atoms. The highest BCUT2D eigenvalue weighted by atomic mass is 16.3. The van der Waals surface area contributed by atoms with Crippen LogP contribution in [0.15, 0.2) is 4.99 Å². The molecule has 4 unspecified atom stereocenters. The van der Waals surface area contributed by atoms with Gasteiger partial charge in [-0.1, -0.05) is 6.92 Å². The van der Waals surface area contributed by atoms with Gasteiger partial charge in [-0.2, -0.15) is 0 Å². The van der Waals surface area contributed by atoms with Crippen LogP contribution < -0.4 is 5.73 Å². The number of nitrogens with zero attached hydrogens (tertiary/aromatic N) is 2. The van der Waals surface area contributed by atoms with Crippen LogP contribution in [0, 0.1) is 17.8 Å². The quantitative estimate of drug-likeness (QED) is 0.613. The Kier molecular flexibility index (Phi) is 3.93. The summed E-state index contributed by atoms with van der Waals surface area (Å²) in [6.45, 7) is 5.02. The lowest BCUT2D eigenvalue weighted by atomic mass is 9.82. The molecule has 3 rings (SSSR count). The number of rotatable bonds is 3. The standard InChI is InChI=1S/C16H29N3O/c1-12-3-2-8-19(11-12)15(17)18-7-6-16(20)10-13-4-5-14(16)9-13/h12-14,20H,2-11H2,1H3,(H2,17,18). The van der Waals surface area contributed by atoms with Crippen molar-refractivity contribution in [1.82, 2.24) is 4.90 Å². The zero-order valence-electron chi connectivity index (χ0n) is 12.7. The molecule has 114 valence electrons. The average Bonchev–Trinajstić information content (AvgIpc) is 2.98. The number of nitrogens with two attached hydrogens (primary N) is 1. The fraction of sp³-hybridized carbons (Fsp3) is 0.938. The van der Waals surface area contributed by atoms with Crippen LogP contribution in [0.1, 0.15) is 51.9 Å². The fourth-order valence-electron chi connectivity index (χ4n) is 4.58. The number of aliphatic hydroxyl groups is 1. The van der Waals surface area contributed by atoms with E-state index in [0.29, 0.717) is 24.3 Å². The Bertz CT molecular complexity index is 384. The number of guanidine groups is 1. The maximum absolute atomic E-state index is 10.7. The predicted molar refractivity (Wildman–Crippen MR) is 81.5 cm³/mol. The van der Waals surface area contributed by atoms with E-state index in [1.807, 2.05) is 0 Å². The normalized spacial score (nSPS) is 41.4. The largest absolute Gasteiger partial charge is 0.390 e. The first-order valence-corrected chi connectivity index (χ1v) is 8.34. The van der Waals surface area contributed by atoms with Crippen LogP contribution in [-0.2, 0) is 0 Å². The van der Waals surface area contributed by atoms with Crippen LogP contribution in [0.2, 0.25) is 0 Å². The smallest absolute Gasteiger partial charge is 0.191 e. The summed E-state index contributed by atoms with van der Waals surface area (Å²) in [5.41, 5.74) is 5.67. The molecular formula is C16H29N3O. The van der Waals surface area contributed by atoms with Gasteiger partial charge in [-0.05, 0) is 62.7 Å². The van der Waals surface area contributed by atoms with Crippen LogP contribution in [0.4, 0.5) is 0 Å². The van der Waals surface area contributed by atoms with Crippen LogP contribution >= 0.6 is 0 Å². The predicted octanol–water partition coefficient (Wildman–Crippen LogP) is 1.97. The summed E-state index contributed by atoms with van der Waals surface area (Å²) < 4.78 is 0. The Morgan fingerprint density at radius 1 is 1.40 bits per heavy atom. The van der Waals surface area contributed by atoms with Crippen molar-refractivity contribution < 1.29 is 5.11 Å².